The largest absolute Gasteiger partial charge is 0.463 e. The van der Waals surface area contributed by atoms with E-state index in [1.54, 1.807) is 6.08 Å². The number of aliphatic hydroxyl groups excluding tert-OH is 1. The van der Waals surface area contributed by atoms with E-state index in [0.29, 0.717) is 0 Å². The third-order valence-corrected chi connectivity index (χ3v) is 9.47. The zero-order chi connectivity index (χ0) is 42.4. The van der Waals surface area contributed by atoms with Gasteiger partial charge in [0.2, 0.25) is 5.79 Å². The van der Waals surface area contributed by atoms with Gasteiger partial charge in [-0.3, -0.25) is 19.2 Å². The fraction of sp³-hybridized carbons (Fsp3) is 0.455. The summed E-state index contributed by atoms with van der Waals surface area (Å²) in [7, 11) is 0. The lowest BCUT2D eigenvalue weighted by atomic mass is 9.88. The topological polar surface area (TPSA) is 181 Å². The summed E-state index contributed by atoms with van der Waals surface area (Å²) in [6, 6.07) is 28.2. The van der Waals surface area contributed by atoms with Crippen LogP contribution in [0.3, 0.4) is 0 Å². The molecule has 2 aliphatic heterocycles. The van der Waals surface area contributed by atoms with Crippen LogP contribution in [0.4, 0.5) is 0 Å². The maximum absolute atomic E-state index is 12.5. The van der Waals surface area contributed by atoms with Crippen LogP contribution in [0.5, 0.6) is 0 Å². The first-order chi connectivity index (χ1) is 28.4. The summed E-state index contributed by atoms with van der Waals surface area (Å²) in [4.78, 5) is 49.1. The highest BCUT2D eigenvalue weighted by Gasteiger charge is 2.58. The number of aliphatic hydroxyl groups is 1. The Morgan fingerprint density at radius 1 is 0.644 bits per heavy atom. The van der Waals surface area contributed by atoms with E-state index in [2.05, 4.69) is 6.58 Å². The van der Waals surface area contributed by atoms with E-state index in [4.69, 9.17) is 47.4 Å². The SMILES string of the molecule is C=CCO[C@]1(Cc2ccccc2)O[C@H](CO[C@@H]2O[C@H](COC(C)=O)[C@@H](OC(C)=O)[C@H](OC(C)=O)[C@H]2OC(C)=O)[C@@H](OCc2ccccc2)[C@H](O)[C@H]1OCc1ccccc1. The fourth-order valence-electron chi connectivity index (χ4n) is 7.03. The first-order valence-corrected chi connectivity index (χ1v) is 19.3. The predicted molar refractivity (Wildman–Crippen MR) is 208 cm³/mol. The molecule has 2 fully saturated rings. The number of hydrogen-bond acceptors (Lipinski definition) is 15. The Balaban J connectivity index is 1.54. The Labute approximate surface area is 343 Å². The number of esters is 4. The van der Waals surface area contributed by atoms with E-state index in [9.17, 15) is 24.3 Å². The van der Waals surface area contributed by atoms with Crippen LogP contribution in [0.25, 0.3) is 0 Å². The van der Waals surface area contributed by atoms with Crippen LogP contribution in [0.1, 0.15) is 44.4 Å². The van der Waals surface area contributed by atoms with E-state index in [1.807, 2.05) is 91.0 Å². The minimum atomic E-state index is -1.66. The zero-order valence-corrected chi connectivity index (χ0v) is 33.5. The zero-order valence-electron chi connectivity index (χ0n) is 33.5. The van der Waals surface area contributed by atoms with Crippen LogP contribution in [-0.4, -0.2) is 110 Å². The summed E-state index contributed by atoms with van der Waals surface area (Å²) >= 11 is 0. The average Bonchev–Trinajstić information content (AvgIpc) is 3.20. The second-order valence-electron chi connectivity index (χ2n) is 14.1. The molecule has 1 N–H and O–H groups in total. The number of carbonyl (C=O) groups excluding carboxylic acids is 4. The van der Waals surface area contributed by atoms with Crippen molar-refractivity contribution in [3.63, 3.8) is 0 Å². The molecule has 0 radical (unpaired) electrons. The van der Waals surface area contributed by atoms with Gasteiger partial charge in [0.1, 0.15) is 37.1 Å². The molecule has 59 heavy (non-hydrogen) atoms. The van der Waals surface area contributed by atoms with E-state index >= 15 is 0 Å². The number of carbonyl (C=O) groups is 4. The Morgan fingerprint density at radius 3 is 1.71 bits per heavy atom. The van der Waals surface area contributed by atoms with Gasteiger partial charge in [-0.2, -0.15) is 0 Å². The molecule has 15 heteroatoms. The molecule has 0 aromatic heterocycles. The third-order valence-electron chi connectivity index (χ3n) is 9.47. The van der Waals surface area contributed by atoms with Gasteiger partial charge in [0.25, 0.3) is 0 Å². The molecular formula is C44H52O15. The van der Waals surface area contributed by atoms with Crippen LogP contribution < -0.4 is 0 Å². The van der Waals surface area contributed by atoms with Gasteiger partial charge < -0.3 is 52.5 Å². The number of hydrogen-bond donors (Lipinski definition) is 1. The van der Waals surface area contributed by atoms with Crippen molar-refractivity contribution in [1.29, 1.82) is 0 Å². The van der Waals surface area contributed by atoms with Crippen LogP contribution in [-0.2, 0) is 86.2 Å². The normalized spacial score (nSPS) is 27.8. The number of ether oxygens (including phenoxy) is 10. The second kappa shape index (κ2) is 21.8. The highest BCUT2D eigenvalue weighted by atomic mass is 16.8. The third kappa shape index (κ3) is 12.7. The van der Waals surface area contributed by atoms with Gasteiger partial charge in [0.15, 0.2) is 24.6 Å². The van der Waals surface area contributed by atoms with Crippen LogP contribution in [0, 0.1) is 0 Å². The van der Waals surface area contributed by atoms with E-state index in [0.717, 1.165) is 37.5 Å². The molecular weight excluding hydrogens is 768 g/mol. The number of rotatable bonds is 19. The van der Waals surface area contributed by atoms with Crippen molar-refractivity contribution in [2.45, 2.75) is 108 Å². The van der Waals surface area contributed by atoms with Gasteiger partial charge in [0.05, 0.1) is 26.4 Å². The van der Waals surface area contributed by atoms with Crippen molar-refractivity contribution >= 4 is 23.9 Å². The average molecular weight is 821 g/mol. The number of benzene rings is 3. The fourth-order valence-corrected chi connectivity index (χ4v) is 7.03. The van der Waals surface area contributed by atoms with Gasteiger partial charge in [-0.1, -0.05) is 97.1 Å². The van der Waals surface area contributed by atoms with Crippen molar-refractivity contribution in [1.82, 2.24) is 0 Å². The molecule has 3 aromatic carbocycles. The molecule has 2 heterocycles. The highest BCUT2D eigenvalue weighted by Crippen LogP contribution is 2.39. The molecule has 0 amide bonds. The van der Waals surface area contributed by atoms with E-state index in [-0.39, 0.29) is 26.2 Å². The summed E-state index contributed by atoms with van der Waals surface area (Å²) in [6.45, 7) is 7.72. The molecule has 0 unspecified atom stereocenters. The first-order valence-electron chi connectivity index (χ1n) is 19.3. The molecule has 5 rings (SSSR count). The summed E-state index contributed by atoms with van der Waals surface area (Å²) < 4.78 is 60.9. The lowest BCUT2D eigenvalue weighted by Gasteiger charge is -2.51. The lowest BCUT2D eigenvalue weighted by Crippen LogP contribution is -2.68. The molecule has 0 saturated carbocycles. The van der Waals surface area contributed by atoms with Crippen molar-refractivity contribution in [2.24, 2.45) is 0 Å². The molecule has 318 valence electrons. The van der Waals surface area contributed by atoms with Gasteiger partial charge in [0, 0.05) is 34.1 Å². The minimum absolute atomic E-state index is 0.00750. The van der Waals surface area contributed by atoms with Crippen molar-refractivity contribution in [3.05, 3.63) is 120 Å². The second-order valence-corrected chi connectivity index (χ2v) is 14.1. The maximum atomic E-state index is 12.5. The van der Waals surface area contributed by atoms with Crippen LogP contribution in [0.15, 0.2) is 104 Å². The maximum Gasteiger partial charge on any atom is 0.303 e. The van der Waals surface area contributed by atoms with Crippen molar-refractivity contribution in [2.75, 3.05) is 19.8 Å². The monoisotopic (exact) mass is 820 g/mol. The van der Waals surface area contributed by atoms with Gasteiger partial charge in [-0.05, 0) is 16.7 Å². The Kier molecular flexibility index (Phi) is 16.7. The standard InChI is InChI=1S/C44H52O15/c1-6-22-54-44(23-32-16-10-7-11-17-32)42(52-25-34-20-14-9-15-21-34)37(49)38(51-24-33-18-12-8-13-19-33)36(59-44)27-53-43-41(57-31(5)48)40(56-30(4)47)39(55-29(3)46)35(58-43)26-50-28(2)45/h6-21,35-43,49H,1,22-27H2,2-5H3/t35-,36-,37+,38-,39-,40+,41-,42-,43-,44-/m1/s1. The Hall–Kier alpha value is -5.00. The molecule has 2 saturated heterocycles. The Morgan fingerprint density at radius 2 is 1.17 bits per heavy atom. The van der Waals surface area contributed by atoms with Crippen molar-refractivity contribution in [3.8, 4) is 0 Å². The Bertz CT molecular complexity index is 1810. The summed E-state index contributed by atoms with van der Waals surface area (Å²) in [5.41, 5.74) is 2.46. The van der Waals surface area contributed by atoms with Crippen molar-refractivity contribution < 1.29 is 71.7 Å². The van der Waals surface area contributed by atoms with E-state index in [1.165, 1.54) is 6.92 Å². The molecule has 0 spiro atoms. The molecule has 2 aliphatic rings. The van der Waals surface area contributed by atoms with Gasteiger partial charge in [-0.25, -0.2) is 0 Å². The minimum Gasteiger partial charge on any atom is -0.463 e. The predicted octanol–water partition coefficient (Wildman–Crippen LogP) is 4.16. The molecule has 3 aromatic rings. The molecule has 0 bridgehead atoms. The van der Waals surface area contributed by atoms with Gasteiger partial charge >= 0.3 is 23.9 Å². The first kappa shape index (κ1) is 45.1. The lowest BCUT2D eigenvalue weighted by molar-refractivity contribution is -0.382. The summed E-state index contributed by atoms with van der Waals surface area (Å²) in [6.07, 6.45) is -10.3. The van der Waals surface area contributed by atoms with Crippen LogP contribution in [0.2, 0.25) is 0 Å². The summed E-state index contributed by atoms with van der Waals surface area (Å²) in [5.74, 6) is -4.69. The summed E-state index contributed by atoms with van der Waals surface area (Å²) in [5, 5.41) is 12.5. The quantitative estimate of drug-likeness (QED) is 0.103. The van der Waals surface area contributed by atoms with E-state index < -0.39 is 98.0 Å². The molecule has 15 nitrogen and oxygen atoms in total. The molecule has 0 aliphatic carbocycles. The molecule has 10 atom stereocenters. The van der Waals surface area contributed by atoms with Crippen LogP contribution >= 0.6 is 0 Å². The smallest absolute Gasteiger partial charge is 0.303 e. The highest BCUT2D eigenvalue weighted by molar-refractivity contribution is 5.68. The van der Waals surface area contributed by atoms with Gasteiger partial charge in [-0.15, -0.1) is 6.58 Å².